The fraction of sp³-hybridized carbons (Fsp3) is 0.570. The molecule has 6 aromatic rings. The number of esters is 4. The van der Waals surface area contributed by atoms with Gasteiger partial charge in [-0.1, -0.05) is 72.8 Å². The first-order chi connectivity index (χ1) is 56.1. The van der Waals surface area contributed by atoms with Crippen LogP contribution in [0.2, 0.25) is 0 Å². The molecule has 0 spiro atoms. The molecule has 0 saturated heterocycles. The zero-order chi connectivity index (χ0) is 83.9. The molecule has 0 aliphatic heterocycles. The molecular formula is C93H111BrCl2F4NaO16S4-. The van der Waals surface area contributed by atoms with E-state index in [4.69, 9.17) is 42.1 Å². The molecule has 121 heavy (non-hydrogen) atoms. The molecule has 16 bridgehead atoms. The summed E-state index contributed by atoms with van der Waals surface area (Å²) in [7, 11) is -9.81. The largest absolute Gasteiger partial charge is 1.00 e. The quantitative estimate of drug-likeness (QED) is 0.00896. The van der Waals surface area contributed by atoms with Gasteiger partial charge >= 0.3 is 58.7 Å². The third-order valence-corrected chi connectivity index (χ3v) is 34.2. The Labute approximate surface area is 760 Å². The minimum atomic E-state index is -5.81. The minimum Gasteiger partial charge on any atom is -1.00 e. The topological polar surface area (TPSA) is 245 Å². The molecule has 16 saturated carbocycles. The zero-order valence-electron chi connectivity index (χ0n) is 69.9. The van der Waals surface area contributed by atoms with Gasteiger partial charge in [-0.05, 0) is 347 Å². The van der Waals surface area contributed by atoms with Gasteiger partial charge in [0.2, 0.25) is 0 Å². The molecule has 0 heterocycles. The summed E-state index contributed by atoms with van der Waals surface area (Å²) >= 11 is 9.53. The maximum atomic E-state index is 13.1. The molecule has 0 radical (unpaired) electrons. The molecule has 654 valence electrons. The van der Waals surface area contributed by atoms with E-state index in [1.807, 2.05) is 0 Å². The summed E-state index contributed by atoms with van der Waals surface area (Å²) < 4.78 is 138. The summed E-state index contributed by atoms with van der Waals surface area (Å²) in [6.07, 6.45) is 23.3. The number of carbonyl (C=O) groups is 4. The zero-order valence-corrected chi connectivity index (χ0v) is 78.2. The van der Waals surface area contributed by atoms with Gasteiger partial charge in [-0.15, -0.1) is 23.2 Å². The number of rotatable bonds is 22. The van der Waals surface area contributed by atoms with Crippen LogP contribution in [-0.4, -0.2) is 95.8 Å². The Morgan fingerprint density at radius 1 is 0.438 bits per heavy atom. The predicted octanol–water partition coefficient (Wildman–Crippen LogP) is 14.9. The van der Waals surface area contributed by atoms with Crippen LogP contribution in [0, 0.1) is 121 Å². The van der Waals surface area contributed by atoms with Crippen molar-refractivity contribution < 1.29 is 139 Å². The van der Waals surface area contributed by atoms with Crippen LogP contribution in [0.3, 0.4) is 0 Å². The van der Waals surface area contributed by atoms with E-state index < -0.39 is 67.3 Å². The monoisotopic (exact) mass is 1860 g/mol. The van der Waals surface area contributed by atoms with E-state index in [1.54, 1.807) is 0 Å². The van der Waals surface area contributed by atoms with Crippen molar-refractivity contribution in [1.29, 1.82) is 0 Å². The van der Waals surface area contributed by atoms with E-state index in [-0.39, 0.29) is 115 Å². The molecule has 0 amide bonds. The van der Waals surface area contributed by atoms with Crippen LogP contribution < -0.4 is 56.0 Å². The second-order valence-corrected chi connectivity index (χ2v) is 44.2. The van der Waals surface area contributed by atoms with Crippen molar-refractivity contribution in [3.63, 3.8) is 0 Å². The molecule has 16 nitrogen and oxygen atoms in total. The Bertz CT molecular complexity index is 4330. The van der Waals surface area contributed by atoms with Gasteiger partial charge in [0.1, 0.15) is 29.3 Å². The fourth-order valence-corrected chi connectivity index (χ4v) is 29.3. The SMILES string of the molecule is Cc1cc([S+](c2ccccc2)c2ccccc2)cc(C)c1OCC(=O)OC1(C)C2CC3CC(C2)CC1C3.Cc1cc([S+](c2ccccc2)c2ccccc2)cc(C)c1OCC(=O)OC1(C)C2CC3CC(C2)CC1C3.ClCCl.O=C(OCC(F)(F)S(=O)(=O)[O-])C12CC3CC(CC(C3)C1)C2.O=C(OCC(F)(F)[S-](=O)=O)C12CC3CC(CC(C3)C1)C2.[Br-].[Na+].[OH-]. The molecule has 28 heteroatoms. The van der Waals surface area contributed by atoms with E-state index in [0.717, 1.165) is 95.9 Å². The minimum absolute atomic E-state index is 0. The van der Waals surface area contributed by atoms with Crippen LogP contribution in [0.15, 0.2) is 175 Å². The number of hydrogen-bond acceptors (Lipinski definition) is 17. The van der Waals surface area contributed by atoms with E-state index in [0.29, 0.717) is 97.7 Å². The Hall–Kier alpha value is -4.90. The second-order valence-electron chi connectivity index (χ2n) is 36.8. The van der Waals surface area contributed by atoms with Gasteiger partial charge in [0, 0.05) is 24.3 Å². The van der Waals surface area contributed by atoms with Gasteiger partial charge in [0.05, 0.1) is 38.0 Å². The first-order valence-corrected chi connectivity index (χ1v) is 48.0. The van der Waals surface area contributed by atoms with Crippen molar-refractivity contribution in [1.82, 2.24) is 0 Å². The van der Waals surface area contributed by atoms with Crippen LogP contribution >= 0.6 is 23.2 Å². The maximum absolute atomic E-state index is 13.1. The predicted molar refractivity (Wildman–Crippen MR) is 446 cm³/mol. The van der Waals surface area contributed by atoms with Crippen LogP contribution in [0.25, 0.3) is 0 Å². The Morgan fingerprint density at radius 3 is 0.917 bits per heavy atom. The number of hydrogen-bond donors (Lipinski definition) is 0. The number of aryl methyl sites for hydroxylation is 4. The van der Waals surface area contributed by atoms with Crippen molar-refractivity contribution in [2.75, 3.05) is 31.8 Å². The third kappa shape index (κ3) is 21.8. The molecule has 16 aliphatic carbocycles. The van der Waals surface area contributed by atoms with Crippen molar-refractivity contribution >= 4 is 89.7 Å². The van der Waals surface area contributed by atoms with Gasteiger partial charge < -0.3 is 63.8 Å². The molecule has 0 aromatic heterocycles. The van der Waals surface area contributed by atoms with Gasteiger partial charge in [0.25, 0.3) is 5.25 Å². The smallest absolute Gasteiger partial charge is 1.00 e. The third-order valence-electron chi connectivity index (χ3n) is 28.4. The summed E-state index contributed by atoms with van der Waals surface area (Å²) in [6, 6.07) is 51.5. The average molecular weight is 1860 g/mol. The molecule has 16 aliphatic rings. The number of benzene rings is 6. The Kier molecular flexibility index (Phi) is 32.1. The number of ether oxygens (including phenoxy) is 6. The van der Waals surface area contributed by atoms with Crippen molar-refractivity contribution in [3.05, 3.63) is 168 Å². The summed E-state index contributed by atoms with van der Waals surface area (Å²) in [6.45, 7) is 9.57. The van der Waals surface area contributed by atoms with E-state index in [1.165, 1.54) is 93.6 Å². The van der Waals surface area contributed by atoms with E-state index in [2.05, 4.69) is 197 Å². The number of carbonyl (C=O) groups excluding carboxylic acids is 4. The molecule has 1 N–H and O–H groups in total. The molecular weight excluding hydrogens is 1750 g/mol. The Balaban J connectivity index is 0.000000160. The number of halogens is 7. The van der Waals surface area contributed by atoms with Crippen LogP contribution in [0.4, 0.5) is 17.6 Å². The van der Waals surface area contributed by atoms with Crippen molar-refractivity contribution in [2.24, 2.45) is 93.7 Å². The van der Waals surface area contributed by atoms with Gasteiger partial charge in [-0.25, -0.2) is 26.8 Å². The molecule has 0 unspecified atom stereocenters. The second kappa shape index (κ2) is 40.2. The Morgan fingerprint density at radius 2 is 0.678 bits per heavy atom. The fourth-order valence-electron chi connectivity index (χ4n) is 24.4. The summed E-state index contributed by atoms with van der Waals surface area (Å²) in [4.78, 5) is 58.1. The van der Waals surface area contributed by atoms with Gasteiger partial charge in [0.15, 0.2) is 59.3 Å². The van der Waals surface area contributed by atoms with Crippen LogP contribution in [-0.2, 0) is 89.2 Å². The molecule has 0 atom stereocenters. The summed E-state index contributed by atoms with van der Waals surface area (Å²) in [5.74, 6) is 8.04. The van der Waals surface area contributed by atoms with Crippen molar-refractivity contribution in [3.8, 4) is 11.5 Å². The van der Waals surface area contributed by atoms with Crippen LogP contribution in [0.5, 0.6) is 11.5 Å². The van der Waals surface area contributed by atoms with E-state index in [9.17, 15) is 58.1 Å². The van der Waals surface area contributed by atoms with Crippen LogP contribution in [0.1, 0.15) is 177 Å². The normalized spacial score (nSPS) is 30.4. The summed E-state index contributed by atoms with van der Waals surface area (Å²) in [5, 5.41) is -8.37. The molecule has 22 rings (SSSR count). The van der Waals surface area contributed by atoms with E-state index >= 15 is 0 Å². The number of alkyl halides is 6. The maximum Gasteiger partial charge on any atom is 1.00 e. The first-order valence-electron chi connectivity index (χ1n) is 42.0. The standard InChI is InChI=1S/2C33H37O3S.C13H18F2O5S.C13H17F2O4S.CH2Cl2.BrH.Na.H2O/c2*1-22-14-30(37(28-10-6-4-7-11-28)29-12-8-5-9-13-29)15-23(2)32(22)35-21-31(34)36-33(3)26-17-24-16-25(19-26)20-27(33)18-24;14-13(15,21(17,18)19)7-20-11(16)12-4-8-1-9(5-12)3-10(2-8)6-12;14-13(15,20(17)18)7-19-11(16)12-4-8-1-9(5-12)3-10(2-8)6-12;2-1-3;;;/h2*4-15,24-27H,16-21H2,1-3H3;8-10H,1-7H2,(H,17,18,19);8-10H,1-7H2;1H2;1H;;1H2/q2*+1;;-1;;;+1;/p-3. The van der Waals surface area contributed by atoms with Gasteiger partial charge in [-0.2, -0.15) is 8.78 Å². The molecule has 16 fully saturated rings. The summed E-state index contributed by atoms with van der Waals surface area (Å²) in [5.41, 5.74) is 2.19. The van der Waals surface area contributed by atoms with Crippen molar-refractivity contribution in [2.45, 2.75) is 234 Å². The average Bonchev–Trinajstić information content (AvgIpc) is 0.725. The van der Waals surface area contributed by atoms with Gasteiger partial charge in [-0.3, -0.25) is 9.59 Å². The first kappa shape index (κ1) is 96.7. The molecule has 6 aromatic carbocycles.